The summed E-state index contributed by atoms with van der Waals surface area (Å²) in [6.07, 6.45) is 0.757. The van der Waals surface area contributed by atoms with Crippen LogP contribution >= 0.6 is 23.8 Å². The summed E-state index contributed by atoms with van der Waals surface area (Å²) in [4.78, 5) is 6.95. The number of aliphatic imine (C=N–C) groups is 1. The van der Waals surface area contributed by atoms with E-state index < -0.39 is 5.54 Å². The molecular formula is C25H24ClN3S. The third-order valence-corrected chi connectivity index (χ3v) is 6.13. The van der Waals surface area contributed by atoms with Crippen molar-refractivity contribution in [2.24, 2.45) is 4.99 Å². The fourth-order valence-electron chi connectivity index (χ4n) is 4.02. The maximum atomic E-state index is 6.13. The molecule has 1 atom stereocenters. The second-order valence-corrected chi connectivity index (χ2v) is 8.68. The standard InChI is InChI=1S/C25H24ClN3S/c1-17-8-7-9-18(2)22(17)27-23-25(3,16-19-10-5-4-6-11-19)29(24(30)28-23)21-14-12-20(26)13-15-21/h4-15H,16H2,1-3H3,(H,27,28,30)/t25-/m1/s1. The van der Waals surface area contributed by atoms with Gasteiger partial charge in [0.1, 0.15) is 11.4 Å². The Labute approximate surface area is 188 Å². The Kier molecular flexibility index (Phi) is 5.63. The van der Waals surface area contributed by atoms with Gasteiger partial charge < -0.3 is 10.2 Å². The minimum atomic E-state index is -0.471. The van der Waals surface area contributed by atoms with Crippen molar-refractivity contribution in [2.75, 3.05) is 10.2 Å². The molecule has 1 N–H and O–H groups in total. The van der Waals surface area contributed by atoms with Crippen LogP contribution in [0.2, 0.25) is 5.02 Å². The number of nitrogens with zero attached hydrogens (tertiary/aromatic N) is 2. The predicted molar refractivity (Wildman–Crippen MR) is 132 cm³/mol. The zero-order valence-corrected chi connectivity index (χ0v) is 18.9. The van der Waals surface area contributed by atoms with Crippen LogP contribution in [0.3, 0.4) is 0 Å². The number of halogens is 1. The molecule has 0 bridgehead atoms. The summed E-state index contributed by atoms with van der Waals surface area (Å²) in [5.74, 6) is 0.851. The van der Waals surface area contributed by atoms with Crippen molar-refractivity contribution in [1.82, 2.24) is 0 Å². The number of para-hydroxylation sites is 1. The van der Waals surface area contributed by atoms with Crippen LogP contribution in [0.4, 0.5) is 11.4 Å². The largest absolute Gasteiger partial charge is 0.341 e. The van der Waals surface area contributed by atoms with Crippen LogP contribution in [0.5, 0.6) is 0 Å². The Morgan fingerprint density at radius 2 is 1.57 bits per heavy atom. The van der Waals surface area contributed by atoms with Crippen molar-refractivity contribution in [3.05, 3.63) is 94.5 Å². The van der Waals surface area contributed by atoms with Gasteiger partial charge in [-0.1, -0.05) is 60.1 Å². The van der Waals surface area contributed by atoms with Gasteiger partial charge in [-0.3, -0.25) is 0 Å². The van der Waals surface area contributed by atoms with Crippen LogP contribution in [0.1, 0.15) is 23.6 Å². The Balaban J connectivity index is 1.78. The summed E-state index contributed by atoms with van der Waals surface area (Å²) in [6.45, 7) is 6.40. The summed E-state index contributed by atoms with van der Waals surface area (Å²) in [5, 5.41) is 4.87. The molecule has 4 rings (SSSR count). The molecule has 0 radical (unpaired) electrons. The third kappa shape index (κ3) is 3.85. The van der Waals surface area contributed by atoms with Gasteiger partial charge in [-0.15, -0.1) is 0 Å². The van der Waals surface area contributed by atoms with Crippen molar-refractivity contribution in [1.29, 1.82) is 0 Å². The summed E-state index contributed by atoms with van der Waals surface area (Å²) in [7, 11) is 0. The SMILES string of the molecule is Cc1cccc(C)c1NC1=NC(=S)N(c2ccc(Cl)cc2)[C@]1(C)Cc1ccccc1. The Morgan fingerprint density at radius 1 is 0.933 bits per heavy atom. The average Bonchev–Trinajstić information content (AvgIpc) is 2.96. The topological polar surface area (TPSA) is 27.6 Å². The highest BCUT2D eigenvalue weighted by Gasteiger charge is 2.45. The van der Waals surface area contributed by atoms with Crippen LogP contribution in [-0.4, -0.2) is 16.5 Å². The van der Waals surface area contributed by atoms with E-state index in [1.54, 1.807) is 0 Å². The monoisotopic (exact) mass is 433 g/mol. The second-order valence-electron chi connectivity index (χ2n) is 7.88. The van der Waals surface area contributed by atoms with Crippen molar-refractivity contribution in [3.63, 3.8) is 0 Å². The number of hydrogen-bond donors (Lipinski definition) is 1. The van der Waals surface area contributed by atoms with Crippen molar-refractivity contribution in [2.45, 2.75) is 32.7 Å². The maximum Gasteiger partial charge on any atom is 0.202 e. The first kappa shape index (κ1) is 20.6. The molecule has 3 nitrogen and oxygen atoms in total. The first-order valence-corrected chi connectivity index (χ1v) is 10.7. The van der Waals surface area contributed by atoms with Crippen LogP contribution in [-0.2, 0) is 6.42 Å². The fraction of sp³-hybridized carbons (Fsp3) is 0.200. The molecule has 3 aromatic carbocycles. The minimum absolute atomic E-state index is 0.471. The van der Waals surface area contributed by atoms with E-state index in [0.29, 0.717) is 10.1 Å². The molecule has 0 saturated heterocycles. The second kappa shape index (κ2) is 8.21. The molecule has 30 heavy (non-hydrogen) atoms. The first-order chi connectivity index (χ1) is 14.4. The van der Waals surface area contributed by atoms with Gasteiger partial charge in [-0.2, -0.15) is 0 Å². The lowest BCUT2D eigenvalue weighted by Crippen LogP contribution is -2.53. The van der Waals surface area contributed by atoms with E-state index in [9.17, 15) is 0 Å². The molecule has 0 spiro atoms. The van der Waals surface area contributed by atoms with Gasteiger partial charge in [-0.05, 0) is 73.9 Å². The summed E-state index contributed by atoms with van der Waals surface area (Å²) in [6, 6.07) is 24.5. The summed E-state index contributed by atoms with van der Waals surface area (Å²) in [5.41, 5.74) is 5.16. The molecule has 0 aliphatic carbocycles. The molecule has 0 aromatic heterocycles. The molecule has 1 aliphatic heterocycles. The number of thiocarbonyl (C=S) groups is 1. The minimum Gasteiger partial charge on any atom is -0.341 e. The average molecular weight is 434 g/mol. The van der Waals surface area contributed by atoms with E-state index in [0.717, 1.165) is 23.6 Å². The smallest absolute Gasteiger partial charge is 0.202 e. The normalized spacial score (nSPS) is 18.5. The molecule has 0 unspecified atom stereocenters. The third-order valence-electron chi connectivity index (χ3n) is 5.60. The van der Waals surface area contributed by atoms with E-state index in [4.69, 9.17) is 28.8 Å². The van der Waals surface area contributed by atoms with Gasteiger partial charge >= 0.3 is 0 Å². The number of benzene rings is 3. The molecule has 3 aromatic rings. The van der Waals surface area contributed by atoms with Crippen molar-refractivity contribution < 1.29 is 0 Å². The van der Waals surface area contributed by atoms with Gasteiger partial charge in [0.15, 0.2) is 0 Å². The Bertz CT molecular complexity index is 1090. The lowest BCUT2D eigenvalue weighted by atomic mass is 9.89. The van der Waals surface area contributed by atoms with Gasteiger partial charge in [0.05, 0.1) is 0 Å². The van der Waals surface area contributed by atoms with Crippen LogP contribution in [0.25, 0.3) is 0 Å². The quantitative estimate of drug-likeness (QED) is 0.471. The molecular weight excluding hydrogens is 410 g/mol. The fourth-order valence-corrected chi connectivity index (χ4v) is 4.54. The number of rotatable bonds is 4. The first-order valence-electron chi connectivity index (χ1n) is 9.94. The van der Waals surface area contributed by atoms with Crippen LogP contribution in [0.15, 0.2) is 77.8 Å². The zero-order valence-electron chi connectivity index (χ0n) is 17.3. The van der Waals surface area contributed by atoms with E-state index in [2.05, 4.69) is 73.5 Å². The number of hydrogen-bond acceptors (Lipinski definition) is 2. The molecule has 0 amide bonds. The highest BCUT2D eigenvalue weighted by atomic mass is 35.5. The number of nitrogens with one attached hydrogen (secondary N) is 1. The predicted octanol–water partition coefficient (Wildman–Crippen LogP) is 6.57. The number of amidine groups is 1. The highest BCUT2D eigenvalue weighted by molar-refractivity contribution is 7.80. The number of aryl methyl sites for hydroxylation is 2. The summed E-state index contributed by atoms with van der Waals surface area (Å²) >= 11 is 11.9. The van der Waals surface area contributed by atoms with E-state index in [1.165, 1.54) is 16.7 Å². The van der Waals surface area contributed by atoms with E-state index >= 15 is 0 Å². The van der Waals surface area contributed by atoms with Crippen LogP contribution < -0.4 is 10.2 Å². The molecule has 1 heterocycles. The van der Waals surface area contributed by atoms with Crippen molar-refractivity contribution in [3.8, 4) is 0 Å². The molecule has 5 heteroatoms. The molecule has 1 aliphatic rings. The van der Waals surface area contributed by atoms with Gasteiger partial charge in [0.25, 0.3) is 0 Å². The van der Waals surface area contributed by atoms with Crippen LogP contribution in [0, 0.1) is 13.8 Å². The molecule has 0 fully saturated rings. The Morgan fingerprint density at radius 3 is 2.20 bits per heavy atom. The highest BCUT2D eigenvalue weighted by Crippen LogP contribution is 2.36. The maximum absolute atomic E-state index is 6.13. The van der Waals surface area contributed by atoms with E-state index in [1.807, 2.05) is 30.3 Å². The zero-order chi connectivity index (χ0) is 21.3. The van der Waals surface area contributed by atoms with E-state index in [-0.39, 0.29) is 0 Å². The Hall–Kier alpha value is -2.69. The number of anilines is 2. The van der Waals surface area contributed by atoms with Crippen molar-refractivity contribution >= 4 is 46.1 Å². The lowest BCUT2D eigenvalue weighted by molar-refractivity contribution is 0.626. The van der Waals surface area contributed by atoms with Gasteiger partial charge in [-0.25, -0.2) is 4.99 Å². The molecule has 152 valence electrons. The summed E-state index contributed by atoms with van der Waals surface area (Å²) < 4.78 is 0. The van der Waals surface area contributed by atoms with Gasteiger partial charge in [0, 0.05) is 22.8 Å². The van der Waals surface area contributed by atoms with Gasteiger partial charge in [0.2, 0.25) is 5.11 Å². The molecule has 0 saturated carbocycles. The lowest BCUT2D eigenvalue weighted by Gasteiger charge is -2.37.